The van der Waals surface area contributed by atoms with Gasteiger partial charge in [-0.25, -0.2) is 0 Å². The zero-order valence-corrected chi connectivity index (χ0v) is 8.42. The van der Waals surface area contributed by atoms with Gasteiger partial charge in [0, 0.05) is 12.6 Å². The molecule has 12 heavy (non-hydrogen) atoms. The third kappa shape index (κ3) is 2.46. The van der Waals surface area contributed by atoms with Crippen LogP contribution in [0.4, 0.5) is 0 Å². The molecule has 1 aliphatic rings. The van der Waals surface area contributed by atoms with E-state index in [1.165, 1.54) is 32.4 Å². The number of likely N-dealkylation sites (tertiary alicyclic amines) is 1. The first-order chi connectivity index (χ1) is 5.77. The molecule has 0 aromatic heterocycles. The molecule has 1 rings (SSSR count). The van der Waals surface area contributed by atoms with Crippen LogP contribution in [0.1, 0.15) is 33.1 Å². The highest BCUT2D eigenvalue weighted by atomic mass is 15.2. The van der Waals surface area contributed by atoms with Crippen LogP contribution < -0.4 is 5.73 Å². The van der Waals surface area contributed by atoms with Crippen LogP contribution in [0, 0.1) is 5.92 Å². The van der Waals surface area contributed by atoms with E-state index in [0.717, 1.165) is 18.5 Å². The summed E-state index contributed by atoms with van der Waals surface area (Å²) in [7, 11) is 0. The smallest absolute Gasteiger partial charge is 0.00706 e. The highest BCUT2D eigenvalue weighted by molar-refractivity contribution is 4.82. The number of hydrogen-bond donors (Lipinski definition) is 1. The van der Waals surface area contributed by atoms with Gasteiger partial charge in [0.25, 0.3) is 0 Å². The Hall–Kier alpha value is -0.0800. The van der Waals surface area contributed by atoms with E-state index >= 15 is 0 Å². The first-order valence-electron chi connectivity index (χ1n) is 5.22. The molecule has 0 aromatic rings. The minimum atomic E-state index is 0.761. The molecule has 1 heterocycles. The zero-order chi connectivity index (χ0) is 8.97. The van der Waals surface area contributed by atoms with E-state index in [-0.39, 0.29) is 0 Å². The molecular formula is C10H22N2. The first kappa shape index (κ1) is 10.0. The standard InChI is InChI=1S/C10H22N2/c1-3-4-5-12-8-10(7-11)6-9(12)2/h9-10H,3-8,11H2,1-2H3. The molecule has 2 N–H and O–H groups in total. The van der Waals surface area contributed by atoms with Gasteiger partial charge in [-0.05, 0) is 38.8 Å². The van der Waals surface area contributed by atoms with Gasteiger partial charge in [0.05, 0.1) is 0 Å². The minimum Gasteiger partial charge on any atom is -0.330 e. The van der Waals surface area contributed by atoms with Crippen LogP contribution in [-0.2, 0) is 0 Å². The molecule has 0 saturated carbocycles. The van der Waals surface area contributed by atoms with Gasteiger partial charge >= 0.3 is 0 Å². The average Bonchev–Trinajstić information content (AvgIpc) is 2.43. The fourth-order valence-electron chi connectivity index (χ4n) is 2.06. The van der Waals surface area contributed by atoms with Crippen LogP contribution in [0.2, 0.25) is 0 Å². The molecule has 0 radical (unpaired) electrons. The zero-order valence-electron chi connectivity index (χ0n) is 8.42. The van der Waals surface area contributed by atoms with Crippen LogP contribution in [0.3, 0.4) is 0 Å². The van der Waals surface area contributed by atoms with Crippen LogP contribution in [0.15, 0.2) is 0 Å². The third-order valence-corrected chi connectivity index (χ3v) is 2.92. The molecule has 2 unspecified atom stereocenters. The summed E-state index contributed by atoms with van der Waals surface area (Å²) in [6.07, 6.45) is 3.94. The second kappa shape index (κ2) is 4.83. The van der Waals surface area contributed by atoms with Crippen molar-refractivity contribution in [3.05, 3.63) is 0 Å². The Bertz CT molecular complexity index is 125. The van der Waals surface area contributed by atoms with Gasteiger partial charge in [0.2, 0.25) is 0 Å². The van der Waals surface area contributed by atoms with Crippen molar-refractivity contribution in [1.82, 2.24) is 4.90 Å². The molecule has 0 amide bonds. The summed E-state index contributed by atoms with van der Waals surface area (Å²) in [6, 6.07) is 0.769. The van der Waals surface area contributed by atoms with Crippen molar-refractivity contribution < 1.29 is 0 Å². The predicted octanol–water partition coefficient (Wildman–Crippen LogP) is 1.46. The molecule has 2 heteroatoms. The van der Waals surface area contributed by atoms with E-state index in [4.69, 9.17) is 5.73 Å². The maximum absolute atomic E-state index is 5.66. The molecule has 0 spiro atoms. The summed E-state index contributed by atoms with van der Waals surface area (Å²) in [5.74, 6) is 0.761. The highest BCUT2D eigenvalue weighted by Crippen LogP contribution is 2.21. The van der Waals surface area contributed by atoms with Crippen molar-refractivity contribution in [3.63, 3.8) is 0 Å². The lowest BCUT2D eigenvalue weighted by atomic mass is 10.1. The lowest BCUT2D eigenvalue weighted by Crippen LogP contribution is -2.28. The number of nitrogens with zero attached hydrogens (tertiary/aromatic N) is 1. The van der Waals surface area contributed by atoms with Crippen LogP contribution in [0.25, 0.3) is 0 Å². The average molecular weight is 170 g/mol. The maximum Gasteiger partial charge on any atom is 0.00706 e. The van der Waals surface area contributed by atoms with Gasteiger partial charge in [-0.2, -0.15) is 0 Å². The minimum absolute atomic E-state index is 0.761. The lowest BCUT2D eigenvalue weighted by Gasteiger charge is -2.20. The summed E-state index contributed by atoms with van der Waals surface area (Å²) in [4.78, 5) is 2.58. The quantitative estimate of drug-likeness (QED) is 0.692. The molecule has 72 valence electrons. The summed E-state index contributed by atoms with van der Waals surface area (Å²) in [6.45, 7) is 7.95. The highest BCUT2D eigenvalue weighted by Gasteiger charge is 2.26. The number of rotatable bonds is 4. The first-order valence-corrected chi connectivity index (χ1v) is 5.22. The van der Waals surface area contributed by atoms with E-state index in [2.05, 4.69) is 18.7 Å². The summed E-state index contributed by atoms with van der Waals surface area (Å²) in [5.41, 5.74) is 5.66. The fourth-order valence-corrected chi connectivity index (χ4v) is 2.06. The molecule has 0 bridgehead atoms. The Balaban J connectivity index is 2.25. The Morgan fingerprint density at radius 3 is 2.75 bits per heavy atom. The second-order valence-corrected chi connectivity index (χ2v) is 4.03. The number of nitrogens with two attached hydrogens (primary N) is 1. The van der Waals surface area contributed by atoms with E-state index in [1.54, 1.807) is 0 Å². The second-order valence-electron chi connectivity index (χ2n) is 4.03. The van der Waals surface area contributed by atoms with Gasteiger partial charge in [-0.3, -0.25) is 0 Å². The Morgan fingerprint density at radius 2 is 2.25 bits per heavy atom. The van der Waals surface area contributed by atoms with E-state index < -0.39 is 0 Å². The molecular weight excluding hydrogens is 148 g/mol. The number of hydrogen-bond acceptors (Lipinski definition) is 2. The van der Waals surface area contributed by atoms with Crippen LogP contribution >= 0.6 is 0 Å². The monoisotopic (exact) mass is 170 g/mol. The van der Waals surface area contributed by atoms with E-state index in [0.29, 0.717) is 0 Å². The molecule has 0 aliphatic carbocycles. The SMILES string of the molecule is CCCCN1CC(CN)CC1C. The van der Waals surface area contributed by atoms with Crippen molar-refractivity contribution in [2.45, 2.75) is 39.2 Å². The Morgan fingerprint density at radius 1 is 1.50 bits per heavy atom. The van der Waals surface area contributed by atoms with Gasteiger partial charge in [-0.1, -0.05) is 13.3 Å². The predicted molar refractivity (Wildman–Crippen MR) is 53.1 cm³/mol. The molecule has 0 aromatic carbocycles. The van der Waals surface area contributed by atoms with Gasteiger partial charge in [0.15, 0.2) is 0 Å². The topological polar surface area (TPSA) is 29.3 Å². The largest absolute Gasteiger partial charge is 0.330 e. The fraction of sp³-hybridized carbons (Fsp3) is 1.00. The number of unbranched alkanes of at least 4 members (excludes halogenated alkanes) is 1. The Kier molecular flexibility index (Phi) is 4.02. The van der Waals surface area contributed by atoms with Crippen LogP contribution in [-0.4, -0.2) is 30.6 Å². The van der Waals surface area contributed by atoms with Crippen molar-refractivity contribution >= 4 is 0 Å². The molecule has 2 atom stereocenters. The van der Waals surface area contributed by atoms with Crippen molar-refractivity contribution in [2.24, 2.45) is 11.7 Å². The normalized spacial score (nSPS) is 31.2. The van der Waals surface area contributed by atoms with E-state index in [1.807, 2.05) is 0 Å². The van der Waals surface area contributed by atoms with Crippen molar-refractivity contribution in [3.8, 4) is 0 Å². The summed E-state index contributed by atoms with van der Waals surface area (Å²) < 4.78 is 0. The third-order valence-electron chi connectivity index (χ3n) is 2.92. The van der Waals surface area contributed by atoms with Gasteiger partial charge in [0.1, 0.15) is 0 Å². The summed E-state index contributed by atoms with van der Waals surface area (Å²) >= 11 is 0. The van der Waals surface area contributed by atoms with Gasteiger partial charge < -0.3 is 10.6 Å². The lowest BCUT2D eigenvalue weighted by molar-refractivity contribution is 0.260. The molecule has 2 nitrogen and oxygen atoms in total. The van der Waals surface area contributed by atoms with Crippen molar-refractivity contribution in [2.75, 3.05) is 19.6 Å². The van der Waals surface area contributed by atoms with Gasteiger partial charge in [-0.15, -0.1) is 0 Å². The molecule has 1 saturated heterocycles. The molecule has 1 aliphatic heterocycles. The summed E-state index contributed by atoms with van der Waals surface area (Å²) in [5, 5.41) is 0. The van der Waals surface area contributed by atoms with Crippen molar-refractivity contribution in [1.29, 1.82) is 0 Å². The maximum atomic E-state index is 5.66. The molecule has 1 fully saturated rings. The van der Waals surface area contributed by atoms with Crippen LogP contribution in [0.5, 0.6) is 0 Å². The van der Waals surface area contributed by atoms with E-state index in [9.17, 15) is 0 Å². The Labute approximate surface area is 76.1 Å².